The predicted octanol–water partition coefficient (Wildman–Crippen LogP) is 3.80. The summed E-state index contributed by atoms with van der Waals surface area (Å²) in [5.41, 5.74) is 0.662. The van der Waals surface area contributed by atoms with Gasteiger partial charge >= 0.3 is 0 Å². The number of hydrogen-bond acceptors (Lipinski definition) is 2. The molecule has 5 heteroatoms. The molecule has 0 bridgehead atoms. The Balaban J connectivity index is 2.24. The van der Waals surface area contributed by atoms with E-state index in [4.69, 9.17) is 23.2 Å². The van der Waals surface area contributed by atoms with Gasteiger partial charge in [-0.25, -0.2) is 4.39 Å². The van der Waals surface area contributed by atoms with Crippen molar-refractivity contribution in [1.29, 1.82) is 0 Å². The van der Waals surface area contributed by atoms with E-state index < -0.39 is 11.9 Å². The second-order valence-electron chi connectivity index (χ2n) is 3.83. The molecular weight excluding hydrogens is 276 g/mol. The Morgan fingerprint density at radius 3 is 2.78 bits per heavy atom. The number of rotatable bonds is 3. The molecule has 0 radical (unpaired) electrons. The molecule has 1 unspecified atom stereocenters. The molecule has 0 amide bonds. The maximum atomic E-state index is 13.4. The summed E-state index contributed by atoms with van der Waals surface area (Å²) in [5, 5.41) is 11.0. The highest BCUT2D eigenvalue weighted by molar-refractivity contribution is 6.33. The van der Waals surface area contributed by atoms with Crippen molar-refractivity contribution in [2.75, 3.05) is 0 Å². The van der Waals surface area contributed by atoms with Crippen molar-refractivity contribution >= 4 is 23.2 Å². The van der Waals surface area contributed by atoms with Gasteiger partial charge in [-0.15, -0.1) is 0 Å². The highest BCUT2D eigenvalue weighted by atomic mass is 35.5. The second kappa shape index (κ2) is 5.65. The SMILES string of the molecule is OC(Cc1cc(Cl)ccc1Cl)c1ncccc1F. The van der Waals surface area contributed by atoms with Crippen LogP contribution in [0.4, 0.5) is 4.39 Å². The van der Waals surface area contributed by atoms with Gasteiger partial charge in [-0.2, -0.15) is 0 Å². The summed E-state index contributed by atoms with van der Waals surface area (Å²) < 4.78 is 13.4. The van der Waals surface area contributed by atoms with Crippen molar-refractivity contribution < 1.29 is 9.50 Å². The molecule has 2 nitrogen and oxygen atoms in total. The molecule has 0 fully saturated rings. The van der Waals surface area contributed by atoms with E-state index in [1.807, 2.05) is 0 Å². The van der Waals surface area contributed by atoms with Crippen LogP contribution in [-0.2, 0) is 6.42 Å². The maximum absolute atomic E-state index is 13.4. The maximum Gasteiger partial charge on any atom is 0.147 e. The Morgan fingerprint density at radius 1 is 1.28 bits per heavy atom. The third-order valence-electron chi connectivity index (χ3n) is 2.52. The standard InChI is InChI=1S/C13H10Cl2FNO/c14-9-3-4-10(15)8(6-9)7-12(18)13-11(16)2-1-5-17-13/h1-6,12,18H,7H2. The van der Waals surface area contributed by atoms with E-state index in [1.54, 1.807) is 18.2 Å². The van der Waals surface area contributed by atoms with Crippen LogP contribution in [-0.4, -0.2) is 10.1 Å². The van der Waals surface area contributed by atoms with Crippen LogP contribution in [0.15, 0.2) is 36.5 Å². The predicted molar refractivity (Wildman–Crippen MR) is 69.3 cm³/mol. The summed E-state index contributed by atoms with van der Waals surface area (Å²) >= 11 is 11.8. The Labute approximate surface area is 114 Å². The zero-order valence-electron chi connectivity index (χ0n) is 9.28. The van der Waals surface area contributed by atoms with Gasteiger partial charge < -0.3 is 5.11 Å². The molecule has 0 aliphatic rings. The normalized spacial score (nSPS) is 12.4. The lowest BCUT2D eigenvalue weighted by Crippen LogP contribution is -2.07. The van der Waals surface area contributed by atoms with Gasteiger partial charge in [0.1, 0.15) is 17.6 Å². The van der Waals surface area contributed by atoms with Gasteiger partial charge in [0.15, 0.2) is 0 Å². The molecule has 18 heavy (non-hydrogen) atoms. The molecule has 1 N–H and O–H groups in total. The van der Waals surface area contributed by atoms with E-state index >= 15 is 0 Å². The molecule has 1 aromatic heterocycles. The van der Waals surface area contributed by atoms with Gasteiger partial charge in [0.25, 0.3) is 0 Å². The van der Waals surface area contributed by atoms with E-state index in [-0.39, 0.29) is 12.1 Å². The molecule has 1 atom stereocenters. The van der Waals surface area contributed by atoms with Crippen LogP contribution in [0.25, 0.3) is 0 Å². The number of halogens is 3. The van der Waals surface area contributed by atoms with Gasteiger partial charge in [-0.1, -0.05) is 23.2 Å². The first-order valence-corrected chi connectivity index (χ1v) is 6.06. The summed E-state index contributed by atoms with van der Waals surface area (Å²) in [6.45, 7) is 0. The Kier molecular flexibility index (Phi) is 4.17. The van der Waals surface area contributed by atoms with Crippen molar-refractivity contribution in [3.8, 4) is 0 Å². The molecule has 1 aromatic carbocycles. The number of hydrogen-bond donors (Lipinski definition) is 1. The van der Waals surface area contributed by atoms with Crippen LogP contribution in [0.3, 0.4) is 0 Å². The smallest absolute Gasteiger partial charge is 0.147 e. The molecule has 94 valence electrons. The van der Waals surface area contributed by atoms with Crippen molar-refractivity contribution in [3.05, 3.63) is 63.6 Å². The number of pyridine rings is 1. The second-order valence-corrected chi connectivity index (χ2v) is 4.67. The molecule has 0 aliphatic heterocycles. The van der Waals surface area contributed by atoms with Gasteiger partial charge in [0, 0.05) is 22.7 Å². The van der Waals surface area contributed by atoms with Crippen LogP contribution in [0.5, 0.6) is 0 Å². The number of nitrogens with zero attached hydrogens (tertiary/aromatic N) is 1. The third kappa shape index (κ3) is 2.99. The van der Waals surface area contributed by atoms with Crippen LogP contribution >= 0.6 is 23.2 Å². The van der Waals surface area contributed by atoms with Crippen molar-refractivity contribution in [3.63, 3.8) is 0 Å². The van der Waals surface area contributed by atoms with Gasteiger partial charge in [-0.05, 0) is 35.9 Å². The minimum absolute atomic E-state index is 0.00791. The Morgan fingerprint density at radius 2 is 2.06 bits per heavy atom. The van der Waals surface area contributed by atoms with Gasteiger partial charge in [0.05, 0.1) is 0 Å². The monoisotopic (exact) mass is 285 g/mol. The minimum atomic E-state index is -1.05. The van der Waals surface area contributed by atoms with E-state index in [0.717, 1.165) is 0 Å². The number of aliphatic hydroxyl groups is 1. The lowest BCUT2D eigenvalue weighted by molar-refractivity contribution is 0.168. The Bertz CT molecular complexity index is 562. The summed E-state index contributed by atoms with van der Waals surface area (Å²) in [6, 6.07) is 7.67. The van der Waals surface area contributed by atoms with Crippen molar-refractivity contribution in [2.45, 2.75) is 12.5 Å². The van der Waals surface area contributed by atoms with Crippen molar-refractivity contribution in [2.24, 2.45) is 0 Å². The zero-order valence-corrected chi connectivity index (χ0v) is 10.8. The van der Waals surface area contributed by atoms with Crippen molar-refractivity contribution in [1.82, 2.24) is 4.98 Å². The van der Waals surface area contributed by atoms with Crippen LogP contribution < -0.4 is 0 Å². The average molecular weight is 286 g/mol. The van der Waals surface area contributed by atoms with E-state index in [0.29, 0.717) is 15.6 Å². The average Bonchev–Trinajstić information content (AvgIpc) is 2.34. The van der Waals surface area contributed by atoms with E-state index in [1.165, 1.54) is 18.3 Å². The molecule has 0 saturated heterocycles. The Hall–Kier alpha value is -1.16. The molecule has 2 aromatic rings. The van der Waals surface area contributed by atoms with Gasteiger partial charge in [0.2, 0.25) is 0 Å². The lowest BCUT2D eigenvalue weighted by Gasteiger charge is -2.12. The summed E-state index contributed by atoms with van der Waals surface area (Å²) in [4.78, 5) is 3.83. The first kappa shape index (κ1) is 13.3. The quantitative estimate of drug-likeness (QED) is 0.930. The molecule has 1 heterocycles. The van der Waals surface area contributed by atoms with Gasteiger partial charge in [-0.3, -0.25) is 4.98 Å². The van der Waals surface area contributed by atoms with E-state index in [9.17, 15) is 9.50 Å². The van der Waals surface area contributed by atoms with Crippen LogP contribution in [0, 0.1) is 5.82 Å². The summed E-state index contributed by atoms with van der Waals surface area (Å²) in [6.07, 6.45) is 0.538. The fourth-order valence-corrected chi connectivity index (χ4v) is 2.04. The molecule has 2 rings (SSSR count). The molecule has 0 saturated carbocycles. The van der Waals surface area contributed by atoms with Crippen LogP contribution in [0.1, 0.15) is 17.4 Å². The summed E-state index contributed by atoms with van der Waals surface area (Å²) in [7, 11) is 0. The summed E-state index contributed by atoms with van der Waals surface area (Å²) in [5.74, 6) is -0.539. The molecular formula is C13H10Cl2FNO. The first-order chi connectivity index (χ1) is 8.58. The topological polar surface area (TPSA) is 33.1 Å². The molecule has 0 spiro atoms. The number of aromatic nitrogens is 1. The molecule has 0 aliphatic carbocycles. The third-order valence-corrected chi connectivity index (χ3v) is 3.13. The van der Waals surface area contributed by atoms with Crippen LogP contribution in [0.2, 0.25) is 10.0 Å². The zero-order chi connectivity index (χ0) is 13.1. The lowest BCUT2D eigenvalue weighted by atomic mass is 10.0. The first-order valence-electron chi connectivity index (χ1n) is 5.30. The number of benzene rings is 1. The fraction of sp³-hybridized carbons (Fsp3) is 0.154. The highest BCUT2D eigenvalue weighted by Gasteiger charge is 2.16. The number of aliphatic hydroxyl groups excluding tert-OH is 1. The minimum Gasteiger partial charge on any atom is -0.386 e. The largest absolute Gasteiger partial charge is 0.386 e. The highest BCUT2D eigenvalue weighted by Crippen LogP contribution is 2.26. The fourth-order valence-electron chi connectivity index (χ4n) is 1.65. The van der Waals surface area contributed by atoms with E-state index in [2.05, 4.69) is 4.98 Å².